The SMILES string of the molecule is Cc1cc(C2CCCN2C(=O)[C@@H]2CCCNC2)on1.Cl. The molecule has 2 atom stereocenters. The first-order valence-electron chi connectivity index (χ1n) is 7.20. The fourth-order valence-electron chi connectivity index (χ4n) is 3.16. The number of rotatable bonds is 2. The number of nitrogens with one attached hydrogen (secondary N) is 1. The van der Waals surface area contributed by atoms with Gasteiger partial charge in [0.05, 0.1) is 17.7 Å². The van der Waals surface area contributed by atoms with Gasteiger partial charge in [-0.3, -0.25) is 4.79 Å². The zero-order chi connectivity index (χ0) is 13.2. The summed E-state index contributed by atoms with van der Waals surface area (Å²) in [5.74, 6) is 1.26. The summed E-state index contributed by atoms with van der Waals surface area (Å²) in [6.45, 7) is 4.62. The fraction of sp³-hybridized carbons (Fsp3) is 0.714. The Morgan fingerprint density at radius 2 is 2.30 bits per heavy atom. The first-order valence-corrected chi connectivity index (χ1v) is 7.20. The molecule has 0 spiro atoms. The lowest BCUT2D eigenvalue weighted by atomic mass is 9.97. The Morgan fingerprint density at radius 3 is 2.95 bits per heavy atom. The minimum atomic E-state index is 0. The number of piperidine rings is 1. The maximum atomic E-state index is 12.6. The lowest BCUT2D eigenvalue weighted by molar-refractivity contribution is -0.137. The maximum Gasteiger partial charge on any atom is 0.227 e. The van der Waals surface area contributed by atoms with Crippen molar-refractivity contribution < 1.29 is 9.32 Å². The van der Waals surface area contributed by atoms with Gasteiger partial charge in [0.15, 0.2) is 5.76 Å². The highest BCUT2D eigenvalue weighted by atomic mass is 35.5. The topological polar surface area (TPSA) is 58.4 Å². The molecule has 1 aromatic rings. The molecule has 1 unspecified atom stereocenters. The van der Waals surface area contributed by atoms with Crippen molar-refractivity contribution in [3.8, 4) is 0 Å². The summed E-state index contributed by atoms with van der Waals surface area (Å²) in [6.07, 6.45) is 4.14. The van der Waals surface area contributed by atoms with E-state index in [1.807, 2.05) is 17.9 Å². The quantitative estimate of drug-likeness (QED) is 0.908. The smallest absolute Gasteiger partial charge is 0.227 e. The van der Waals surface area contributed by atoms with E-state index in [9.17, 15) is 4.79 Å². The van der Waals surface area contributed by atoms with Gasteiger partial charge >= 0.3 is 0 Å². The monoisotopic (exact) mass is 299 g/mol. The maximum absolute atomic E-state index is 12.6. The lowest BCUT2D eigenvalue weighted by Gasteiger charge is -2.29. The van der Waals surface area contributed by atoms with Crippen LogP contribution in [-0.4, -0.2) is 35.6 Å². The molecule has 2 saturated heterocycles. The van der Waals surface area contributed by atoms with E-state index in [0.29, 0.717) is 0 Å². The van der Waals surface area contributed by atoms with Crippen LogP contribution in [0.25, 0.3) is 0 Å². The van der Waals surface area contributed by atoms with E-state index < -0.39 is 0 Å². The Bertz CT molecular complexity index is 457. The molecule has 0 aliphatic carbocycles. The van der Waals surface area contributed by atoms with E-state index in [2.05, 4.69) is 10.5 Å². The molecule has 0 radical (unpaired) electrons. The van der Waals surface area contributed by atoms with E-state index in [4.69, 9.17) is 4.52 Å². The van der Waals surface area contributed by atoms with E-state index in [-0.39, 0.29) is 30.3 Å². The van der Waals surface area contributed by atoms with E-state index in [0.717, 1.165) is 56.8 Å². The van der Waals surface area contributed by atoms with E-state index in [1.54, 1.807) is 0 Å². The summed E-state index contributed by atoms with van der Waals surface area (Å²) in [6, 6.07) is 2.05. The Hall–Kier alpha value is -1.07. The number of aryl methyl sites for hydroxylation is 1. The first-order chi connectivity index (χ1) is 9.25. The van der Waals surface area contributed by atoms with Gasteiger partial charge in [-0.2, -0.15) is 0 Å². The van der Waals surface area contributed by atoms with E-state index >= 15 is 0 Å². The zero-order valence-electron chi connectivity index (χ0n) is 11.8. The fourth-order valence-corrected chi connectivity index (χ4v) is 3.16. The minimum absolute atomic E-state index is 0. The third kappa shape index (κ3) is 2.99. The van der Waals surface area contributed by atoms with Crippen LogP contribution >= 0.6 is 12.4 Å². The highest BCUT2D eigenvalue weighted by Gasteiger charge is 2.36. The molecular formula is C14H22ClN3O2. The molecule has 0 aromatic carbocycles. The molecule has 6 heteroatoms. The number of hydrogen-bond donors (Lipinski definition) is 1. The second kappa shape index (κ2) is 6.59. The molecule has 1 amide bonds. The molecule has 0 saturated carbocycles. The van der Waals surface area contributed by atoms with Crippen LogP contribution in [0.4, 0.5) is 0 Å². The predicted octanol–water partition coefficient (Wildman–Crippen LogP) is 2.07. The van der Waals surface area contributed by atoms with Gasteiger partial charge < -0.3 is 14.7 Å². The Kier molecular flexibility index (Phi) is 5.05. The van der Waals surface area contributed by atoms with Crippen molar-refractivity contribution in [2.75, 3.05) is 19.6 Å². The van der Waals surface area contributed by atoms with Crippen molar-refractivity contribution in [3.63, 3.8) is 0 Å². The standard InChI is InChI=1S/C14H21N3O2.ClH/c1-10-8-13(19-16-10)12-5-3-7-17(12)14(18)11-4-2-6-15-9-11;/h8,11-12,15H,2-7,9H2,1H3;1H/t11-,12?;/m1./s1. The van der Waals surface area contributed by atoms with Gasteiger partial charge in [0, 0.05) is 19.2 Å². The molecule has 1 N–H and O–H groups in total. The number of aromatic nitrogens is 1. The van der Waals surface area contributed by atoms with Crippen molar-refractivity contribution in [3.05, 3.63) is 17.5 Å². The number of carbonyl (C=O) groups excluding carboxylic acids is 1. The molecule has 2 aliphatic rings. The van der Waals surface area contributed by atoms with Crippen LogP contribution in [0.3, 0.4) is 0 Å². The third-order valence-corrected chi connectivity index (χ3v) is 4.16. The average Bonchev–Trinajstić information content (AvgIpc) is 3.07. The van der Waals surface area contributed by atoms with Crippen LogP contribution < -0.4 is 5.32 Å². The van der Waals surface area contributed by atoms with Crippen molar-refractivity contribution in [2.24, 2.45) is 5.92 Å². The summed E-state index contributed by atoms with van der Waals surface area (Å²) >= 11 is 0. The van der Waals surface area contributed by atoms with Gasteiger partial charge in [-0.15, -0.1) is 12.4 Å². The third-order valence-electron chi connectivity index (χ3n) is 4.16. The Balaban J connectivity index is 0.00000147. The minimum Gasteiger partial charge on any atom is -0.359 e. The van der Waals surface area contributed by atoms with Gasteiger partial charge in [0.25, 0.3) is 0 Å². The van der Waals surface area contributed by atoms with Crippen molar-refractivity contribution >= 4 is 18.3 Å². The highest BCUT2D eigenvalue weighted by molar-refractivity contribution is 5.85. The van der Waals surface area contributed by atoms with Gasteiger partial charge in [-0.1, -0.05) is 5.16 Å². The van der Waals surface area contributed by atoms with E-state index in [1.165, 1.54) is 0 Å². The zero-order valence-corrected chi connectivity index (χ0v) is 12.6. The predicted molar refractivity (Wildman–Crippen MR) is 77.8 cm³/mol. The van der Waals surface area contributed by atoms with Crippen LogP contribution in [-0.2, 0) is 4.79 Å². The number of halogens is 1. The first kappa shape index (κ1) is 15.3. The molecule has 3 heterocycles. The van der Waals surface area contributed by atoms with Crippen LogP contribution in [0.5, 0.6) is 0 Å². The summed E-state index contributed by atoms with van der Waals surface area (Å²) in [5.41, 5.74) is 0.883. The van der Waals surface area contributed by atoms with Crippen molar-refractivity contribution in [2.45, 2.75) is 38.6 Å². The van der Waals surface area contributed by atoms with Crippen LogP contribution in [0.1, 0.15) is 43.2 Å². The molecular weight excluding hydrogens is 278 g/mol. The second-order valence-corrected chi connectivity index (χ2v) is 5.60. The number of amides is 1. The molecule has 5 nitrogen and oxygen atoms in total. The van der Waals surface area contributed by atoms with Crippen LogP contribution in [0.15, 0.2) is 10.6 Å². The molecule has 2 fully saturated rings. The summed E-state index contributed by atoms with van der Waals surface area (Å²) in [5, 5.41) is 7.26. The van der Waals surface area contributed by atoms with Crippen molar-refractivity contribution in [1.29, 1.82) is 0 Å². The van der Waals surface area contributed by atoms with Crippen LogP contribution in [0, 0.1) is 12.8 Å². The Morgan fingerprint density at radius 1 is 1.45 bits per heavy atom. The Labute approximate surface area is 125 Å². The van der Waals surface area contributed by atoms with Gasteiger partial charge in [0.2, 0.25) is 5.91 Å². The molecule has 0 bridgehead atoms. The summed E-state index contributed by atoms with van der Waals surface area (Å²) in [7, 11) is 0. The second-order valence-electron chi connectivity index (χ2n) is 5.60. The lowest BCUT2D eigenvalue weighted by Crippen LogP contribution is -2.42. The number of nitrogens with zero attached hydrogens (tertiary/aromatic N) is 2. The molecule has 112 valence electrons. The molecule has 3 rings (SSSR count). The largest absolute Gasteiger partial charge is 0.359 e. The van der Waals surface area contributed by atoms with Gasteiger partial charge in [0.1, 0.15) is 0 Å². The molecule has 20 heavy (non-hydrogen) atoms. The van der Waals surface area contributed by atoms with Crippen molar-refractivity contribution in [1.82, 2.24) is 15.4 Å². The van der Waals surface area contributed by atoms with Gasteiger partial charge in [-0.25, -0.2) is 0 Å². The number of likely N-dealkylation sites (tertiary alicyclic amines) is 1. The summed E-state index contributed by atoms with van der Waals surface area (Å²) < 4.78 is 5.36. The number of hydrogen-bond acceptors (Lipinski definition) is 4. The summed E-state index contributed by atoms with van der Waals surface area (Å²) in [4.78, 5) is 14.6. The van der Waals surface area contributed by atoms with Crippen LogP contribution in [0.2, 0.25) is 0 Å². The number of carbonyl (C=O) groups is 1. The molecule has 2 aliphatic heterocycles. The molecule has 1 aromatic heterocycles. The van der Waals surface area contributed by atoms with Gasteiger partial charge in [-0.05, 0) is 39.2 Å². The normalized spacial score (nSPS) is 26.4. The highest BCUT2D eigenvalue weighted by Crippen LogP contribution is 2.34. The average molecular weight is 300 g/mol.